The van der Waals surface area contributed by atoms with E-state index in [1.165, 1.54) is 17.0 Å². The molecular formula is C16H17Cl2N3O2. The maximum atomic E-state index is 12.6. The Kier molecular flexibility index (Phi) is 4.87. The molecule has 0 atom stereocenters. The molecule has 1 aromatic heterocycles. The van der Waals surface area contributed by atoms with Crippen LogP contribution in [0.3, 0.4) is 0 Å². The topological polar surface area (TPSA) is 55.2 Å². The van der Waals surface area contributed by atoms with Crippen LogP contribution in [0.5, 0.6) is 0 Å². The summed E-state index contributed by atoms with van der Waals surface area (Å²) < 4.78 is 1.32. The van der Waals surface area contributed by atoms with Crippen molar-refractivity contribution in [2.75, 3.05) is 13.1 Å². The highest BCUT2D eigenvalue weighted by atomic mass is 35.5. The number of hydrogen-bond donors (Lipinski definition) is 0. The molecule has 0 radical (unpaired) electrons. The zero-order valence-corrected chi connectivity index (χ0v) is 14.1. The molecule has 2 aromatic rings. The van der Waals surface area contributed by atoms with Crippen LogP contribution >= 0.6 is 23.2 Å². The Morgan fingerprint density at radius 1 is 1.13 bits per heavy atom. The van der Waals surface area contributed by atoms with Gasteiger partial charge in [0.2, 0.25) is 5.91 Å². The number of halogens is 2. The van der Waals surface area contributed by atoms with Crippen molar-refractivity contribution >= 4 is 40.0 Å². The van der Waals surface area contributed by atoms with E-state index in [4.69, 9.17) is 23.2 Å². The lowest BCUT2D eigenvalue weighted by Gasteiger charge is -2.20. The van der Waals surface area contributed by atoms with Crippen molar-refractivity contribution in [1.29, 1.82) is 0 Å². The van der Waals surface area contributed by atoms with E-state index in [0.717, 1.165) is 38.8 Å². The summed E-state index contributed by atoms with van der Waals surface area (Å²) in [5.74, 6) is -0.0525. The van der Waals surface area contributed by atoms with Gasteiger partial charge < -0.3 is 4.90 Å². The molecule has 0 bridgehead atoms. The maximum Gasteiger partial charge on any atom is 0.261 e. The molecule has 3 rings (SSSR count). The van der Waals surface area contributed by atoms with Crippen LogP contribution in [-0.4, -0.2) is 33.4 Å². The van der Waals surface area contributed by atoms with Crippen LogP contribution in [-0.2, 0) is 11.3 Å². The number of fused-ring (bicyclic) bond motifs is 1. The first-order valence-electron chi connectivity index (χ1n) is 7.68. The fourth-order valence-electron chi connectivity index (χ4n) is 2.87. The van der Waals surface area contributed by atoms with E-state index in [9.17, 15) is 9.59 Å². The maximum absolute atomic E-state index is 12.6. The Morgan fingerprint density at radius 3 is 2.52 bits per heavy atom. The smallest absolute Gasteiger partial charge is 0.261 e. The predicted octanol–water partition coefficient (Wildman–Crippen LogP) is 3.11. The van der Waals surface area contributed by atoms with Gasteiger partial charge in [-0.25, -0.2) is 4.98 Å². The zero-order valence-electron chi connectivity index (χ0n) is 12.6. The van der Waals surface area contributed by atoms with E-state index in [1.54, 1.807) is 6.07 Å². The van der Waals surface area contributed by atoms with Gasteiger partial charge in [0.25, 0.3) is 5.56 Å². The number of nitrogens with zero attached hydrogens (tertiary/aromatic N) is 3. The van der Waals surface area contributed by atoms with Crippen LogP contribution < -0.4 is 5.56 Å². The summed E-state index contributed by atoms with van der Waals surface area (Å²) in [5, 5.41) is 1.03. The molecule has 0 saturated carbocycles. The van der Waals surface area contributed by atoms with Gasteiger partial charge in [-0.05, 0) is 25.0 Å². The fraction of sp³-hybridized carbons (Fsp3) is 0.438. The lowest BCUT2D eigenvalue weighted by atomic mass is 10.2. The van der Waals surface area contributed by atoms with Crippen LogP contribution in [0.15, 0.2) is 23.3 Å². The minimum atomic E-state index is -0.303. The second kappa shape index (κ2) is 6.89. The Labute approximate surface area is 143 Å². The molecule has 1 saturated heterocycles. The predicted molar refractivity (Wildman–Crippen MR) is 91.1 cm³/mol. The first kappa shape index (κ1) is 16.3. The largest absolute Gasteiger partial charge is 0.341 e. The number of aromatic nitrogens is 2. The van der Waals surface area contributed by atoms with Gasteiger partial charge in [-0.1, -0.05) is 36.0 Å². The lowest BCUT2D eigenvalue weighted by Crippen LogP contribution is -2.37. The standard InChI is InChI=1S/C16H17Cl2N3O2/c17-11-7-12-15(13(18)8-11)19-10-21(16(12)23)9-14(22)20-5-3-1-2-4-6-20/h7-8,10H,1-6,9H2. The van der Waals surface area contributed by atoms with Gasteiger partial charge in [-0.15, -0.1) is 0 Å². The molecule has 1 aliphatic rings. The number of likely N-dealkylation sites (tertiary alicyclic amines) is 1. The van der Waals surface area contributed by atoms with Gasteiger partial charge in [-0.3, -0.25) is 14.2 Å². The third kappa shape index (κ3) is 3.51. The molecule has 122 valence electrons. The SMILES string of the molecule is O=C(Cn1cnc2c(Cl)cc(Cl)cc2c1=O)N1CCCCCC1. The second-order valence-corrected chi connectivity index (χ2v) is 6.60. The molecule has 0 spiro atoms. The normalized spacial score (nSPS) is 15.7. The monoisotopic (exact) mass is 353 g/mol. The highest BCUT2D eigenvalue weighted by Gasteiger charge is 2.17. The highest BCUT2D eigenvalue weighted by molar-refractivity contribution is 6.38. The van der Waals surface area contributed by atoms with Crippen LogP contribution in [0.25, 0.3) is 10.9 Å². The van der Waals surface area contributed by atoms with Crippen molar-refractivity contribution in [2.45, 2.75) is 32.2 Å². The van der Waals surface area contributed by atoms with E-state index in [0.29, 0.717) is 20.9 Å². The number of rotatable bonds is 2. The quantitative estimate of drug-likeness (QED) is 0.833. The Balaban J connectivity index is 1.89. The van der Waals surface area contributed by atoms with Crippen LogP contribution in [0.4, 0.5) is 0 Å². The molecule has 7 heteroatoms. The molecule has 2 heterocycles. The van der Waals surface area contributed by atoms with Gasteiger partial charge >= 0.3 is 0 Å². The van der Waals surface area contributed by atoms with E-state index in [1.807, 2.05) is 4.90 Å². The van der Waals surface area contributed by atoms with E-state index < -0.39 is 0 Å². The van der Waals surface area contributed by atoms with E-state index in [-0.39, 0.29) is 18.0 Å². The molecular weight excluding hydrogens is 337 g/mol. The molecule has 1 amide bonds. The van der Waals surface area contributed by atoms with Crippen molar-refractivity contribution in [3.8, 4) is 0 Å². The number of benzene rings is 1. The first-order valence-corrected chi connectivity index (χ1v) is 8.44. The second-order valence-electron chi connectivity index (χ2n) is 5.76. The van der Waals surface area contributed by atoms with Crippen molar-refractivity contribution in [1.82, 2.24) is 14.5 Å². The average molecular weight is 354 g/mol. The zero-order chi connectivity index (χ0) is 16.4. The van der Waals surface area contributed by atoms with Crippen molar-refractivity contribution in [3.63, 3.8) is 0 Å². The van der Waals surface area contributed by atoms with Crippen molar-refractivity contribution in [3.05, 3.63) is 38.9 Å². The molecule has 0 aliphatic carbocycles. The molecule has 0 N–H and O–H groups in total. The molecule has 1 aromatic carbocycles. The minimum absolute atomic E-state index is 0.00803. The minimum Gasteiger partial charge on any atom is -0.341 e. The van der Waals surface area contributed by atoms with E-state index in [2.05, 4.69) is 4.98 Å². The number of carbonyl (C=O) groups is 1. The van der Waals surface area contributed by atoms with Crippen LogP contribution in [0, 0.1) is 0 Å². The third-order valence-corrected chi connectivity index (χ3v) is 4.62. The molecule has 1 fully saturated rings. The Bertz CT molecular complexity index is 796. The Morgan fingerprint density at radius 2 is 1.83 bits per heavy atom. The van der Waals surface area contributed by atoms with E-state index >= 15 is 0 Å². The van der Waals surface area contributed by atoms with Crippen LogP contribution in [0.2, 0.25) is 10.0 Å². The van der Waals surface area contributed by atoms with Crippen LogP contribution in [0.1, 0.15) is 25.7 Å². The molecule has 23 heavy (non-hydrogen) atoms. The van der Waals surface area contributed by atoms with Gasteiger partial charge in [0.15, 0.2) is 0 Å². The van der Waals surface area contributed by atoms with Gasteiger partial charge in [0, 0.05) is 18.1 Å². The fourth-order valence-corrected chi connectivity index (χ4v) is 3.42. The van der Waals surface area contributed by atoms with Crippen molar-refractivity contribution < 1.29 is 4.79 Å². The molecule has 0 unspecified atom stereocenters. The third-order valence-electron chi connectivity index (χ3n) is 4.11. The Hall–Kier alpha value is -1.59. The molecule has 5 nitrogen and oxygen atoms in total. The number of carbonyl (C=O) groups excluding carboxylic acids is 1. The summed E-state index contributed by atoms with van der Waals surface area (Å²) in [6.07, 6.45) is 5.71. The first-order chi connectivity index (χ1) is 11.1. The summed E-state index contributed by atoms with van der Waals surface area (Å²) >= 11 is 12.0. The van der Waals surface area contributed by atoms with Gasteiger partial charge in [0.05, 0.1) is 22.3 Å². The lowest BCUT2D eigenvalue weighted by molar-refractivity contribution is -0.131. The van der Waals surface area contributed by atoms with Gasteiger partial charge in [0.1, 0.15) is 6.54 Å². The summed E-state index contributed by atoms with van der Waals surface area (Å²) in [4.78, 5) is 31.0. The summed E-state index contributed by atoms with van der Waals surface area (Å²) in [6, 6.07) is 3.08. The summed E-state index contributed by atoms with van der Waals surface area (Å²) in [6.45, 7) is 1.50. The molecule has 1 aliphatic heterocycles. The summed E-state index contributed by atoms with van der Waals surface area (Å²) in [7, 11) is 0. The van der Waals surface area contributed by atoms with Gasteiger partial charge in [-0.2, -0.15) is 0 Å². The highest BCUT2D eigenvalue weighted by Crippen LogP contribution is 2.24. The number of hydrogen-bond acceptors (Lipinski definition) is 3. The van der Waals surface area contributed by atoms with Crippen molar-refractivity contribution in [2.24, 2.45) is 0 Å². The number of amides is 1. The summed E-state index contributed by atoms with van der Waals surface area (Å²) in [5.41, 5.74) is 0.0992. The average Bonchev–Trinajstić information content (AvgIpc) is 2.79.